The van der Waals surface area contributed by atoms with Crippen LogP contribution in [-0.4, -0.2) is 40.2 Å². The van der Waals surface area contributed by atoms with Gasteiger partial charge in [0.2, 0.25) is 0 Å². The maximum Gasteiger partial charge on any atom is 0.274 e. The van der Waals surface area contributed by atoms with Gasteiger partial charge in [0.05, 0.1) is 17.7 Å². The standard InChI is InChI=1S/C21H24N4O3/c1-2-25-21(27)16-9-4-3-8-15(16)19(23-25)20(26)22-14-17(18-10-7-13-28-18)24-11-5-6-12-24/h3-4,7-10,13,17H,2,5-6,11-12,14H2,1H3,(H,22,26)/t17-/m0/s1. The van der Waals surface area contributed by atoms with Crippen molar-refractivity contribution in [3.8, 4) is 0 Å². The summed E-state index contributed by atoms with van der Waals surface area (Å²) in [7, 11) is 0. The van der Waals surface area contributed by atoms with Gasteiger partial charge < -0.3 is 9.73 Å². The summed E-state index contributed by atoms with van der Waals surface area (Å²) in [5.41, 5.74) is 0.0943. The van der Waals surface area contributed by atoms with E-state index < -0.39 is 0 Å². The number of rotatable bonds is 6. The Morgan fingerprint density at radius 3 is 2.61 bits per heavy atom. The monoisotopic (exact) mass is 380 g/mol. The SMILES string of the molecule is CCn1nc(C(=O)NC[C@@H](c2ccco2)N2CCCC2)c2ccccc2c1=O. The molecule has 1 N–H and O–H groups in total. The molecule has 7 nitrogen and oxygen atoms in total. The van der Waals surface area contributed by atoms with Crippen LogP contribution in [-0.2, 0) is 6.54 Å². The van der Waals surface area contributed by atoms with Gasteiger partial charge in [-0.1, -0.05) is 18.2 Å². The Bertz CT molecular complexity index is 1020. The van der Waals surface area contributed by atoms with Crippen molar-refractivity contribution in [3.63, 3.8) is 0 Å². The summed E-state index contributed by atoms with van der Waals surface area (Å²) >= 11 is 0. The number of hydrogen-bond donors (Lipinski definition) is 1. The summed E-state index contributed by atoms with van der Waals surface area (Å²) in [4.78, 5) is 27.8. The second-order valence-electron chi connectivity index (χ2n) is 7.00. The molecule has 1 aliphatic rings. The summed E-state index contributed by atoms with van der Waals surface area (Å²) in [6, 6.07) is 10.9. The molecule has 0 bridgehead atoms. The molecular formula is C21H24N4O3. The molecule has 1 fully saturated rings. The van der Waals surface area contributed by atoms with Crippen molar-refractivity contribution < 1.29 is 9.21 Å². The first-order chi connectivity index (χ1) is 13.7. The third-order valence-corrected chi connectivity index (χ3v) is 5.29. The van der Waals surface area contributed by atoms with Crippen molar-refractivity contribution >= 4 is 16.7 Å². The molecule has 0 saturated carbocycles. The molecule has 3 aromatic rings. The number of hydrogen-bond acceptors (Lipinski definition) is 5. The molecular weight excluding hydrogens is 356 g/mol. The minimum absolute atomic E-state index is 0.00945. The Morgan fingerprint density at radius 1 is 1.18 bits per heavy atom. The summed E-state index contributed by atoms with van der Waals surface area (Å²) in [5, 5.41) is 8.40. The van der Waals surface area contributed by atoms with Gasteiger partial charge in [-0.3, -0.25) is 14.5 Å². The highest BCUT2D eigenvalue weighted by molar-refractivity contribution is 6.04. The molecule has 4 rings (SSSR count). The maximum absolute atomic E-state index is 13.0. The molecule has 1 saturated heterocycles. The molecule has 28 heavy (non-hydrogen) atoms. The fourth-order valence-corrected chi connectivity index (χ4v) is 3.83. The highest BCUT2D eigenvalue weighted by Crippen LogP contribution is 2.25. The largest absolute Gasteiger partial charge is 0.468 e. The lowest BCUT2D eigenvalue weighted by atomic mass is 10.1. The first-order valence-electron chi connectivity index (χ1n) is 9.74. The van der Waals surface area contributed by atoms with Gasteiger partial charge in [0, 0.05) is 18.5 Å². The van der Waals surface area contributed by atoms with Gasteiger partial charge >= 0.3 is 0 Å². The number of likely N-dealkylation sites (tertiary alicyclic amines) is 1. The number of fused-ring (bicyclic) bond motifs is 1. The highest BCUT2D eigenvalue weighted by atomic mass is 16.3. The Kier molecular flexibility index (Phi) is 5.25. The van der Waals surface area contributed by atoms with Crippen LogP contribution in [0.2, 0.25) is 0 Å². The van der Waals surface area contributed by atoms with E-state index in [9.17, 15) is 9.59 Å². The molecule has 1 aliphatic heterocycles. The van der Waals surface area contributed by atoms with E-state index in [4.69, 9.17) is 4.42 Å². The third kappa shape index (κ3) is 3.45. The quantitative estimate of drug-likeness (QED) is 0.711. The Morgan fingerprint density at radius 2 is 1.93 bits per heavy atom. The van der Waals surface area contributed by atoms with Crippen LogP contribution in [0, 0.1) is 0 Å². The minimum atomic E-state index is -0.283. The first kappa shape index (κ1) is 18.4. The number of benzene rings is 1. The summed E-state index contributed by atoms with van der Waals surface area (Å²) in [5.74, 6) is 0.563. The molecule has 0 aliphatic carbocycles. The molecule has 1 amide bonds. The van der Waals surface area contributed by atoms with E-state index in [0.717, 1.165) is 31.7 Å². The number of carbonyl (C=O) groups excluding carboxylic acids is 1. The lowest BCUT2D eigenvalue weighted by Crippen LogP contribution is -2.37. The molecule has 1 atom stereocenters. The zero-order valence-electron chi connectivity index (χ0n) is 15.9. The van der Waals surface area contributed by atoms with E-state index in [-0.39, 0.29) is 23.2 Å². The van der Waals surface area contributed by atoms with Crippen molar-refractivity contribution in [2.45, 2.75) is 32.4 Å². The summed E-state index contributed by atoms with van der Waals surface area (Å²) in [6.07, 6.45) is 3.96. The average Bonchev–Trinajstić information content (AvgIpc) is 3.43. The smallest absolute Gasteiger partial charge is 0.274 e. The van der Waals surface area contributed by atoms with Crippen molar-refractivity contribution in [2.24, 2.45) is 0 Å². The number of aryl methyl sites for hydroxylation is 1. The van der Waals surface area contributed by atoms with Gasteiger partial charge in [-0.05, 0) is 51.1 Å². The van der Waals surface area contributed by atoms with Crippen LogP contribution in [0.1, 0.15) is 42.1 Å². The van der Waals surface area contributed by atoms with Gasteiger partial charge in [-0.15, -0.1) is 0 Å². The molecule has 146 valence electrons. The van der Waals surface area contributed by atoms with Gasteiger partial charge in [0.15, 0.2) is 5.69 Å². The third-order valence-electron chi connectivity index (χ3n) is 5.29. The maximum atomic E-state index is 13.0. The first-order valence-corrected chi connectivity index (χ1v) is 9.74. The zero-order valence-corrected chi connectivity index (χ0v) is 15.9. The number of furan rings is 1. The lowest BCUT2D eigenvalue weighted by Gasteiger charge is -2.26. The molecule has 0 radical (unpaired) electrons. The fourth-order valence-electron chi connectivity index (χ4n) is 3.83. The van der Waals surface area contributed by atoms with E-state index >= 15 is 0 Å². The average molecular weight is 380 g/mol. The van der Waals surface area contributed by atoms with Gasteiger partial charge in [0.25, 0.3) is 11.5 Å². The van der Waals surface area contributed by atoms with E-state index in [2.05, 4.69) is 15.3 Å². The molecule has 0 unspecified atom stereocenters. The lowest BCUT2D eigenvalue weighted by molar-refractivity contribution is 0.0928. The van der Waals surface area contributed by atoms with Crippen LogP contribution < -0.4 is 10.9 Å². The predicted molar refractivity (Wildman–Crippen MR) is 106 cm³/mol. The van der Waals surface area contributed by atoms with E-state index in [1.807, 2.05) is 25.1 Å². The normalized spacial score (nSPS) is 15.8. The number of nitrogens with zero attached hydrogens (tertiary/aromatic N) is 3. The van der Waals surface area contributed by atoms with Crippen molar-refractivity contribution in [3.05, 3.63) is 64.5 Å². The second kappa shape index (κ2) is 7.98. The summed E-state index contributed by atoms with van der Waals surface area (Å²) in [6.45, 7) is 4.65. The second-order valence-corrected chi connectivity index (χ2v) is 7.00. The van der Waals surface area contributed by atoms with Gasteiger partial charge in [-0.25, -0.2) is 4.68 Å². The molecule has 7 heteroatoms. The Balaban J connectivity index is 1.61. The molecule has 3 heterocycles. The van der Waals surface area contributed by atoms with Crippen LogP contribution in [0.15, 0.2) is 51.9 Å². The molecule has 0 spiro atoms. The van der Waals surface area contributed by atoms with Crippen LogP contribution in [0.3, 0.4) is 0 Å². The molecule has 2 aromatic heterocycles. The van der Waals surface area contributed by atoms with E-state index in [1.165, 1.54) is 4.68 Å². The number of nitrogens with one attached hydrogen (secondary N) is 1. The minimum Gasteiger partial charge on any atom is -0.468 e. The predicted octanol–water partition coefficient (Wildman–Crippen LogP) is 2.58. The van der Waals surface area contributed by atoms with Gasteiger partial charge in [0.1, 0.15) is 5.76 Å². The van der Waals surface area contributed by atoms with E-state index in [0.29, 0.717) is 23.9 Å². The van der Waals surface area contributed by atoms with Crippen LogP contribution in [0.4, 0.5) is 0 Å². The van der Waals surface area contributed by atoms with Crippen LogP contribution in [0.5, 0.6) is 0 Å². The van der Waals surface area contributed by atoms with Crippen molar-refractivity contribution in [1.82, 2.24) is 20.0 Å². The number of aromatic nitrogens is 2. The Hall–Kier alpha value is -2.93. The van der Waals surface area contributed by atoms with Gasteiger partial charge in [-0.2, -0.15) is 5.10 Å². The van der Waals surface area contributed by atoms with Crippen molar-refractivity contribution in [2.75, 3.05) is 19.6 Å². The van der Waals surface area contributed by atoms with Crippen molar-refractivity contribution in [1.29, 1.82) is 0 Å². The molecule has 1 aromatic carbocycles. The summed E-state index contributed by atoms with van der Waals surface area (Å²) < 4.78 is 6.95. The van der Waals surface area contributed by atoms with Crippen LogP contribution in [0.25, 0.3) is 10.8 Å². The Labute approximate surface area is 162 Å². The fraction of sp³-hybridized carbons (Fsp3) is 0.381. The zero-order chi connectivity index (χ0) is 19.5. The van der Waals surface area contributed by atoms with E-state index in [1.54, 1.807) is 24.5 Å². The number of amides is 1. The highest BCUT2D eigenvalue weighted by Gasteiger charge is 2.26. The topological polar surface area (TPSA) is 80.4 Å². The van der Waals surface area contributed by atoms with Crippen LogP contribution >= 0.6 is 0 Å². The number of carbonyl (C=O) groups is 1.